The van der Waals surface area contributed by atoms with Gasteiger partial charge >= 0.3 is 5.97 Å². The van der Waals surface area contributed by atoms with Crippen molar-refractivity contribution >= 4 is 16.0 Å². The van der Waals surface area contributed by atoms with Gasteiger partial charge in [-0.2, -0.15) is 4.31 Å². The topological polar surface area (TPSA) is 72.9 Å². The summed E-state index contributed by atoms with van der Waals surface area (Å²) in [7, 11) is -1.94. The zero-order valence-corrected chi connectivity index (χ0v) is 12.6. The van der Waals surface area contributed by atoms with Crippen molar-refractivity contribution in [2.24, 2.45) is 5.92 Å². The second kappa shape index (κ2) is 7.21. The van der Waals surface area contributed by atoms with Crippen molar-refractivity contribution in [3.8, 4) is 0 Å². The van der Waals surface area contributed by atoms with Gasteiger partial charge in [-0.1, -0.05) is 13.8 Å². The second-order valence-corrected chi connectivity index (χ2v) is 7.22. The molecule has 1 fully saturated rings. The van der Waals surface area contributed by atoms with Crippen molar-refractivity contribution in [3.63, 3.8) is 0 Å². The monoisotopic (exact) mass is 293 g/mol. The highest BCUT2D eigenvalue weighted by atomic mass is 32.2. The summed E-state index contributed by atoms with van der Waals surface area (Å²) in [6, 6.07) is 0. The van der Waals surface area contributed by atoms with E-state index in [1.165, 1.54) is 11.4 Å². The molecule has 0 bridgehead atoms. The van der Waals surface area contributed by atoms with E-state index in [9.17, 15) is 13.2 Å². The van der Waals surface area contributed by atoms with Gasteiger partial charge in [0, 0.05) is 13.1 Å². The quantitative estimate of drug-likeness (QED) is 0.672. The van der Waals surface area contributed by atoms with Crippen LogP contribution >= 0.6 is 0 Å². The fourth-order valence-corrected chi connectivity index (χ4v) is 3.62. The van der Waals surface area contributed by atoms with Gasteiger partial charge in [0.1, 0.15) is 0 Å². The van der Waals surface area contributed by atoms with Crippen molar-refractivity contribution in [1.29, 1.82) is 0 Å². The maximum absolute atomic E-state index is 12.1. The lowest BCUT2D eigenvalue weighted by molar-refractivity contribution is -0.145. The lowest BCUT2D eigenvalue weighted by Crippen LogP contribution is -2.47. The maximum Gasteiger partial charge on any atom is 0.308 e. The van der Waals surface area contributed by atoms with Crippen LogP contribution in [0.2, 0.25) is 0 Å². The second-order valence-electron chi connectivity index (χ2n) is 5.13. The molecule has 1 saturated heterocycles. The first-order valence-corrected chi connectivity index (χ1v) is 8.12. The van der Waals surface area contributed by atoms with E-state index < -0.39 is 16.1 Å². The van der Waals surface area contributed by atoms with Gasteiger partial charge in [0.25, 0.3) is 0 Å². The van der Waals surface area contributed by atoms with Crippen LogP contribution in [0.4, 0.5) is 0 Å². The Kier molecular flexibility index (Phi) is 6.22. The minimum Gasteiger partial charge on any atom is -0.469 e. The molecule has 0 spiro atoms. The molecule has 112 valence electrons. The number of carbonyl (C=O) groups is 1. The first-order valence-electron chi connectivity index (χ1n) is 6.51. The number of carbonyl (C=O) groups excluding carboxylic acids is 1. The Balaban J connectivity index is 2.56. The van der Waals surface area contributed by atoms with Gasteiger partial charge in [0.15, 0.2) is 0 Å². The Morgan fingerprint density at radius 3 is 2.74 bits per heavy atom. The molecule has 19 heavy (non-hydrogen) atoms. The largest absolute Gasteiger partial charge is 0.469 e. The van der Waals surface area contributed by atoms with E-state index in [0.717, 1.165) is 0 Å². The van der Waals surface area contributed by atoms with Gasteiger partial charge in [-0.05, 0) is 12.3 Å². The molecule has 6 nitrogen and oxygen atoms in total. The molecule has 1 aliphatic heterocycles. The number of morpholine rings is 1. The summed E-state index contributed by atoms with van der Waals surface area (Å²) in [5.41, 5.74) is 0. The Bertz CT molecular complexity index is 393. The third-order valence-corrected chi connectivity index (χ3v) is 4.94. The summed E-state index contributed by atoms with van der Waals surface area (Å²) in [6.45, 7) is 4.90. The van der Waals surface area contributed by atoms with E-state index in [4.69, 9.17) is 4.74 Å². The lowest BCUT2D eigenvalue weighted by atomic mass is 10.2. The van der Waals surface area contributed by atoms with Crippen LogP contribution in [0.25, 0.3) is 0 Å². The number of esters is 1. The minimum absolute atomic E-state index is 0.0900. The Morgan fingerprint density at radius 2 is 2.16 bits per heavy atom. The highest BCUT2D eigenvalue weighted by molar-refractivity contribution is 7.89. The molecule has 0 aromatic carbocycles. The summed E-state index contributed by atoms with van der Waals surface area (Å²) in [6.07, 6.45) is 0.323. The highest BCUT2D eigenvalue weighted by Gasteiger charge is 2.30. The van der Waals surface area contributed by atoms with Gasteiger partial charge in [-0.15, -0.1) is 0 Å². The first-order chi connectivity index (χ1) is 8.85. The summed E-state index contributed by atoms with van der Waals surface area (Å²) in [4.78, 5) is 11.2. The maximum atomic E-state index is 12.1. The van der Waals surface area contributed by atoms with Crippen LogP contribution in [0.5, 0.6) is 0 Å². The molecule has 0 aromatic rings. The van der Waals surface area contributed by atoms with Crippen molar-refractivity contribution in [2.75, 3.05) is 32.6 Å². The summed E-state index contributed by atoms with van der Waals surface area (Å²) in [5.74, 6) is 0.114. The van der Waals surface area contributed by atoms with E-state index in [1.807, 2.05) is 13.8 Å². The van der Waals surface area contributed by atoms with E-state index in [2.05, 4.69) is 4.74 Å². The lowest BCUT2D eigenvalue weighted by Gasteiger charge is -2.31. The normalized spacial score (nSPS) is 21.6. The predicted octanol–water partition coefficient (Wildman–Crippen LogP) is 0.626. The predicted molar refractivity (Wildman–Crippen MR) is 71.2 cm³/mol. The number of rotatable bonds is 6. The van der Waals surface area contributed by atoms with Crippen LogP contribution in [0.3, 0.4) is 0 Å². The number of hydrogen-bond acceptors (Lipinski definition) is 5. The zero-order chi connectivity index (χ0) is 14.5. The van der Waals surface area contributed by atoms with E-state index >= 15 is 0 Å². The molecule has 1 heterocycles. The minimum atomic E-state index is -3.25. The van der Waals surface area contributed by atoms with Gasteiger partial charge in [0.05, 0.1) is 32.0 Å². The van der Waals surface area contributed by atoms with Crippen LogP contribution in [0.15, 0.2) is 0 Å². The highest BCUT2D eigenvalue weighted by Crippen LogP contribution is 2.15. The first kappa shape index (κ1) is 16.4. The van der Waals surface area contributed by atoms with E-state index in [1.54, 1.807) is 0 Å². The molecule has 1 aliphatic rings. The standard InChI is InChI=1S/C12H23NO5S/c1-10(2)4-7-19(15,16)13-5-6-18-11(9-13)8-12(14)17-3/h10-11H,4-9H2,1-3H3. The molecule has 1 atom stereocenters. The van der Waals surface area contributed by atoms with Crippen LogP contribution in [0, 0.1) is 5.92 Å². The Labute approximate surface area is 115 Å². The number of methoxy groups -OCH3 is 1. The fraction of sp³-hybridized carbons (Fsp3) is 0.917. The fourth-order valence-electron chi connectivity index (χ4n) is 1.85. The van der Waals surface area contributed by atoms with Crippen molar-refractivity contribution in [3.05, 3.63) is 0 Å². The SMILES string of the molecule is COC(=O)CC1CN(S(=O)(=O)CCC(C)C)CCO1. The van der Waals surface area contributed by atoms with Gasteiger partial charge < -0.3 is 9.47 Å². The molecular weight excluding hydrogens is 270 g/mol. The Hall–Kier alpha value is -0.660. The van der Waals surface area contributed by atoms with Crippen molar-refractivity contribution in [1.82, 2.24) is 4.31 Å². The average Bonchev–Trinajstić information content (AvgIpc) is 2.36. The van der Waals surface area contributed by atoms with Gasteiger partial charge in [-0.3, -0.25) is 4.79 Å². The summed E-state index contributed by atoms with van der Waals surface area (Å²) in [5, 5.41) is 0. The number of ether oxygens (including phenoxy) is 2. The molecule has 1 rings (SSSR count). The third-order valence-electron chi connectivity index (χ3n) is 3.07. The van der Waals surface area contributed by atoms with Crippen LogP contribution in [-0.2, 0) is 24.3 Å². The average molecular weight is 293 g/mol. The zero-order valence-electron chi connectivity index (χ0n) is 11.8. The van der Waals surface area contributed by atoms with E-state index in [0.29, 0.717) is 25.5 Å². The number of nitrogens with zero attached hydrogens (tertiary/aromatic N) is 1. The summed E-state index contributed by atoms with van der Waals surface area (Å²) >= 11 is 0. The number of hydrogen-bond donors (Lipinski definition) is 0. The smallest absolute Gasteiger partial charge is 0.308 e. The molecular formula is C12H23NO5S. The molecule has 0 amide bonds. The Morgan fingerprint density at radius 1 is 1.47 bits per heavy atom. The molecule has 0 radical (unpaired) electrons. The van der Waals surface area contributed by atoms with E-state index in [-0.39, 0.29) is 24.7 Å². The molecule has 0 aliphatic carbocycles. The van der Waals surface area contributed by atoms with Crippen molar-refractivity contribution < 1.29 is 22.7 Å². The van der Waals surface area contributed by atoms with Crippen LogP contribution in [-0.4, -0.2) is 57.4 Å². The molecule has 0 aromatic heterocycles. The molecule has 0 N–H and O–H groups in total. The number of sulfonamides is 1. The van der Waals surface area contributed by atoms with Gasteiger partial charge in [0.2, 0.25) is 10.0 Å². The summed E-state index contributed by atoms with van der Waals surface area (Å²) < 4.78 is 35.7. The van der Waals surface area contributed by atoms with Crippen LogP contribution < -0.4 is 0 Å². The molecule has 0 saturated carbocycles. The molecule has 1 unspecified atom stereocenters. The van der Waals surface area contributed by atoms with Gasteiger partial charge in [-0.25, -0.2) is 8.42 Å². The molecule has 7 heteroatoms. The third kappa shape index (κ3) is 5.46. The van der Waals surface area contributed by atoms with Crippen molar-refractivity contribution in [2.45, 2.75) is 32.8 Å². The van der Waals surface area contributed by atoms with Crippen LogP contribution in [0.1, 0.15) is 26.7 Å².